The summed E-state index contributed by atoms with van der Waals surface area (Å²) >= 11 is -0.173. The predicted molar refractivity (Wildman–Crippen MR) is 31.8 cm³/mol. The van der Waals surface area contributed by atoms with Crippen LogP contribution in [0.25, 0.3) is 0 Å². The Morgan fingerprint density at radius 3 is 3.00 bits per heavy atom. The molecule has 0 amide bonds. The number of hydrogen-bond donors (Lipinski definition) is 1. The third kappa shape index (κ3) is 1.57. The normalized spacial score (nSPS) is 27.9. The molecule has 1 heterocycles. The van der Waals surface area contributed by atoms with Crippen LogP contribution in [-0.4, -0.2) is 37.9 Å². The summed E-state index contributed by atoms with van der Waals surface area (Å²) < 4.78 is 3.84. The van der Waals surface area contributed by atoms with Gasteiger partial charge in [-0.1, -0.05) is 0 Å². The second-order valence-electron chi connectivity index (χ2n) is 1.99. The Bertz CT molecular complexity index is 72.1. The first-order valence-corrected chi connectivity index (χ1v) is 6.92. The predicted octanol–water partition coefficient (Wildman–Crippen LogP) is -0.0767. The number of hydrogen-bond acceptors (Lipinski definition) is 1. The van der Waals surface area contributed by atoms with Gasteiger partial charge >= 0.3 is 54.4 Å². The fourth-order valence-corrected chi connectivity index (χ4v) is 5.09. The van der Waals surface area contributed by atoms with E-state index in [9.17, 15) is 0 Å². The van der Waals surface area contributed by atoms with Gasteiger partial charge in [-0.2, -0.15) is 0 Å². The van der Waals surface area contributed by atoms with Crippen LogP contribution in [-0.2, 0) is 0 Å². The summed E-state index contributed by atoms with van der Waals surface area (Å²) in [7, 11) is 0. The van der Waals surface area contributed by atoms with Gasteiger partial charge in [0.05, 0.1) is 0 Å². The van der Waals surface area contributed by atoms with Gasteiger partial charge in [0, 0.05) is 0 Å². The van der Waals surface area contributed by atoms with Crippen molar-refractivity contribution in [2.24, 2.45) is 5.92 Å². The third-order valence-electron chi connectivity index (χ3n) is 1.36. The SMILES string of the molecule is OCC1C[CH]=[In][CH2]1. The minimum absolute atomic E-state index is 0.173. The molecule has 1 aliphatic heterocycles. The third-order valence-corrected chi connectivity index (χ3v) is 5.77. The summed E-state index contributed by atoms with van der Waals surface area (Å²) in [4.78, 5) is 0. The van der Waals surface area contributed by atoms with Gasteiger partial charge < -0.3 is 0 Å². The van der Waals surface area contributed by atoms with Gasteiger partial charge in [-0.15, -0.1) is 0 Å². The van der Waals surface area contributed by atoms with Gasteiger partial charge in [-0.05, 0) is 0 Å². The van der Waals surface area contributed by atoms with Crippen LogP contribution >= 0.6 is 0 Å². The zero-order valence-corrected chi connectivity index (χ0v) is 7.60. The molecule has 2 heteroatoms. The van der Waals surface area contributed by atoms with Gasteiger partial charge in [-0.3, -0.25) is 0 Å². The maximum absolute atomic E-state index is 8.58. The van der Waals surface area contributed by atoms with Crippen molar-refractivity contribution in [2.75, 3.05) is 6.61 Å². The molecule has 7 heavy (non-hydrogen) atoms. The zero-order valence-electron chi connectivity index (χ0n) is 4.30. The standard InChI is InChI=1S/C5H9O.In/c1-3-5(2)4-6;/h1,5-6H,2-4H2;. The molecule has 1 N–H and O–H groups in total. The van der Waals surface area contributed by atoms with Crippen LogP contribution < -0.4 is 0 Å². The van der Waals surface area contributed by atoms with E-state index in [1.807, 2.05) is 0 Å². The van der Waals surface area contributed by atoms with E-state index in [0.29, 0.717) is 12.5 Å². The van der Waals surface area contributed by atoms with E-state index in [2.05, 4.69) is 3.76 Å². The second kappa shape index (κ2) is 2.88. The van der Waals surface area contributed by atoms with E-state index < -0.39 is 0 Å². The molecule has 0 aromatic heterocycles. The quantitative estimate of drug-likeness (QED) is 0.627. The van der Waals surface area contributed by atoms with Gasteiger partial charge in [-0.25, -0.2) is 0 Å². The minimum atomic E-state index is -0.173. The molecule has 0 saturated carbocycles. The first kappa shape index (κ1) is 5.83. The Hall–Kier alpha value is 0.700. The Morgan fingerprint density at radius 2 is 2.71 bits per heavy atom. The molecule has 0 aromatic rings. The van der Waals surface area contributed by atoms with Crippen molar-refractivity contribution in [3.8, 4) is 0 Å². The van der Waals surface area contributed by atoms with E-state index in [0.717, 1.165) is 0 Å². The van der Waals surface area contributed by atoms with Crippen molar-refractivity contribution >= 4 is 26.2 Å². The van der Waals surface area contributed by atoms with Crippen LogP contribution in [0.5, 0.6) is 0 Å². The topological polar surface area (TPSA) is 20.2 Å². The van der Waals surface area contributed by atoms with Crippen molar-refractivity contribution < 1.29 is 5.11 Å². The van der Waals surface area contributed by atoms with Crippen molar-refractivity contribution in [1.82, 2.24) is 0 Å². The van der Waals surface area contributed by atoms with Crippen molar-refractivity contribution in [2.45, 2.75) is 10.6 Å². The van der Waals surface area contributed by atoms with E-state index in [4.69, 9.17) is 5.11 Å². The second-order valence-corrected chi connectivity index (χ2v) is 6.03. The molecule has 0 aliphatic carbocycles. The summed E-state index contributed by atoms with van der Waals surface area (Å²) in [5, 5.41) is 8.58. The van der Waals surface area contributed by atoms with E-state index in [1.165, 1.54) is 10.6 Å². The fraction of sp³-hybridized carbons (Fsp3) is 0.800. The summed E-state index contributed by atoms with van der Waals surface area (Å²) in [6, 6.07) is 0. The average Bonchev–Trinajstić information content (AvgIpc) is 2.14. The van der Waals surface area contributed by atoms with Crippen molar-refractivity contribution in [3.63, 3.8) is 0 Å². The Kier molecular flexibility index (Phi) is 2.40. The molecule has 0 aromatic carbocycles. The number of aliphatic hydroxyl groups excluding tert-OH is 1. The molecule has 0 spiro atoms. The number of rotatable bonds is 1. The van der Waals surface area contributed by atoms with E-state index in [1.54, 1.807) is 0 Å². The monoisotopic (exact) mass is 200 g/mol. The van der Waals surface area contributed by atoms with Gasteiger partial charge in [0.25, 0.3) is 0 Å². The average molecular weight is 200 g/mol. The summed E-state index contributed by atoms with van der Waals surface area (Å²) in [6.07, 6.45) is 1.22. The number of aliphatic hydroxyl groups is 1. The van der Waals surface area contributed by atoms with Crippen LogP contribution in [0.4, 0.5) is 0 Å². The molecule has 1 nitrogen and oxygen atoms in total. The summed E-state index contributed by atoms with van der Waals surface area (Å²) in [5.74, 6) is 0.682. The summed E-state index contributed by atoms with van der Waals surface area (Å²) in [6.45, 7) is 0.433. The summed E-state index contributed by atoms with van der Waals surface area (Å²) in [5.41, 5.74) is 0. The van der Waals surface area contributed by atoms with E-state index in [-0.39, 0.29) is 22.4 Å². The molecule has 1 rings (SSSR count). The molecule has 1 atom stereocenters. The molecule has 0 fully saturated rings. The molecule has 0 radical (unpaired) electrons. The molecule has 38 valence electrons. The van der Waals surface area contributed by atoms with Crippen LogP contribution in [0, 0.1) is 5.92 Å². The molecular weight excluding hydrogens is 191 g/mol. The van der Waals surface area contributed by atoms with Gasteiger partial charge in [0.1, 0.15) is 0 Å². The van der Waals surface area contributed by atoms with Crippen LogP contribution in [0.15, 0.2) is 0 Å². The zero-order chi connectivity index (χ0) is 5.11. The van der Waals surface area contributed by atoms with Gasteiger partial charge in [0.2, 0.25) is 0 Å². The Labute approximate surface area is 54.6 Å². The van der Waals surface area contributed by atoms with E-state index >= 15 is 0 Å². The Morgan fingerprint density at radius 1 is 1.86 bits per heavy atom. The van der Waals surface area contributed by atoms with Crippen LogP contribution in [0.3, 0.4) is 0 Å². The first-order valence-electron chi connectivity index (χ1n) is 2.69. The molecule has 0 bridgehead atoms. The molecule has 0 saturated heterocycles. The molecule has 1 unspecified atom stereocenters. The Balaban J connectivity index is 2.22. The van der Waals surface area contributed by atoms with Gasteiger partial charge in [0.15, 0.2) is 0 Å². The maximum atomic E-state index is 8.58. The van der Waals surface area contributed by atoms with Crippen molar-refractivity contribution in [3.05, 3.63) is 0 Å². The first-order chi connectivity index (χ1) is 3.43. The molecular formula is C5H9InO. The fourth-order valence-electron chi connectivity index (χ4n) is 0.823. The van der Waals surface area contributed by atoms with Crippen LogP contribution in [0.1, 0.15) is 6.42 Å². The van der Waals surface area contributed by atoms with Crippen LogP contribution in [0.2, 0.25) is 4.18 Å². The molecule has 1 aliphatic rings. The van der Waals surface area contributed by atoms with Crippen molar-refractivity contribution in [1.29, 1.82) is 0 Å².